The maximum absolute atomic E-state index is 12.6. The number of hydrogen-bond acceptors (Lipinski definition) is 3. The maximum atomic E-state index is 12.6. The van der Waals surface area contributed by atoms with E-state index in [4.69, 9.17) is 11.6 Å². The Labute approximate surface area is 178 Å². The Kier molecular flexibility index (Phi) is 8.53. The van der Waals surface area contributed by atoms with E-state index in [0.29, 0.717) is 12.5 Å². The second-order valence-corrected chi connectivity index (χ2v) is 9.33. The third-order valence-electron chi connectivity index (χ3n) is 4.89. The fraction of sp³-hybridized carbons (Fsp3) is 0.409. The van der Waals surface area contributed by atoms with Crippen LogP contribution in [0.1, 0.15) is 55.5 Å². The van der Waals surface area contributed by atoms with Gasteiger partial charge in [0.05, 0.1) is 15.5 Å². The molecule has 0 saturated carbocycles. The van der Waals surface area contributed by atoms with E-state index in [2.05, 4.69) is 23.9 Å². The molecule has 2 aromatic carbocycles. The van der Waals surface area contributed by atoms with Gasteiger partial charge in [-0.05, 0) is 49.6 Å². The van der Waals surface area contributed by atoms with Crippen LogP contribution in [0.5, 0.6) is 0 Å². The molecule has 0 aliphatic rings. The highest BCUT2D eigenvalue weighted by Gasteiger charge is 2.17. The lowest BCUT2D eigenvalue weighted by atomic mass is 9.99. The molecule has 0 aliphatic heterocycles. The van der Waals surface area contributed by atoms with Crippen LogP contribution in [0.3, 0.4) is 0 Å². The minimum absolute atomic E-state index is 0.158. The van der Waals surface area contributed by atoms with E-state index in [9.17, 15) is 13.2 Å². The molecule has 0 fully saturated rings. The van der Waals surface area contributed by atoms with Gasteiger partial charge in [0.2, 0.25) is 0 Å². The molecule has 0 aromatic heterocycles. The SMILES string of the molecule is CCCCC(CC)CNC(=O)c1cc(NS(=O)(=O)c2ccc(C)cc2)ccc1Cl. The average Bonchev–Trinajstić information content (AvgIpc) is 2.69. The minimum atomic E-state index is -3.75. The number of sulfonamides is 1. The van der Waals surface area contributed by atoms with Crippen LogP contribution < -0.4 is 10.0 Å². The first-order valence-electron chi connectivity index (χ1n) is 9.94. The molecule has 2 rings (SSSR count). The van der Waals surface area contributed by atoms with Crippen LogP contribution in [-0.4, -0.2) is 20.9 Å². The predicted molar refractivity (Wildman–Crippen MR) is 119 cm³/mol. The van der Waals surface area contributed by atoms with Crippen molar-refractivity contribution in [2.24, 2.45) is 5.92 Å². The molecule has 5 nitrogen and oxygen atoms in total. The monoisotopic (exact) mass is 436 g/mol. The number of unbranched alkanes of at least 4 members (excludes halogenated alkanes) is 1. The number of aryl methyl sites for hydroxylation is 1. The van der Waals surface area contributed by atoms with Crippen molar-refractivity contribution in [1.29, 1.82) is 0 Å². The van der Waals surface area contributed by atoms with Crippen molar-refractivity contribution in [2.75, 3.05) is 11.3 Å². The highest BCUT2D eigenvalue weighted by molar-refractivity contribution is 7.92. The van der Waals surface area contributed by atoms with E-state index in [1.807, 2.05) is 6.92 Å². The number of carbonyl (C=O) groups is 1. The van der Waals surface area contributed by atoms with Crippen molar-refractivity contribution in [2.45, 2.75) is 51.3 Å². The summed E-state index contributed by atoms with van der Waals surface area (Å²) in [5, 5.41) is 3.21. The van der Waals surface area contributed by atoms with Crippen molar-refractivity contribution in [3.05, 3.63) is 58.6 Å². The molecule has 0 aliphatic carbocycles. The first-order valence-corrected chi connectivity index (χ1v) is 11.8. The molecule has 7 heteroatoms. The van der Waals surface area contributed by atoms with Crippen LogP contribution in [0.2, 0.25) is 5.02 Å². The molecule has 1 atom stereocenters. The number of anilines is 1. The summed E-state index contributed by atoms with van der Waals surface area (Å²) in [6.45, 7) is 6.72. The van der Waals surface area contributed by atoms with Crippen LogP contribution in [0, 0.1) is 12.8 Å². The zero-order valence-electron chi connectivity index (χ0n) is 17.2. The molecule has 0 spiro atoms. The molecule has 158 valence electrons. The predicted octanol–water partition coefficient (Wildman–Crippen LogP) is 5.40. The number of nitrogens with one attached hydrogen (secondary N) is 2. The van der Waals surface area contributed by atoms with Gasteiger partial charge in [-0.2, -0.15) is 0 Å². The normalized spacial score (nSPS) is 12.4. The van der Waals surface area contributed by atoms with E-state index in [1.165, 1.54) is 12.1 Å². The van der Waals surface area contributed by atoms with Crippen LogP contribution in [0.25, 0.3) is 0 Å². The fourth-order valence-corrected chi connectivity index (χ4v) is 4.22. The number of rotatable bonds is 10. The molecule has 29 heavy (non-hydrogen) atoms. The van der Waals surface area contributed by atoms with Gasteiger partial charge in [-0.3, -0.25) is 9.52 Å². The smallest absolute Gasteiger partial charge is 0.261 e. The molecule has 0 heterocycles. The lowest BCUT2D eigenvalue weighted by Crippen LogP contribution is -2.29. The number of benzene rings is 2. The quantitative estimate of drug-likeness (QED) is 0.523. The van der Waals surface area contributed by atoms with E-state index in [-0.39, 0.29) is 27.1 Å². The summed E-state index contributed by atoms with van der Waals surface area (Å²) in [5.74, 6) is 0.113. The standard InChI is InChI=1S/C22H29ClN2O3S/c1-4-6-7-17(5-2)15-24-22(26)20-14-18(10-13-21(20)23)25-29(27,28)19-11-8-16(3)9-12-19/h8-14,17,25H,4-7,15H2,1-3H3,(H,24,26). The van der Waals surface area contributed by atoms with Gasteiger partial charge in [0.25, 0.3) is 15.9 Å². The van der Waals surface area contributed by atoms with Crippen LogP contribution in [0.4, 0.5) is 5.69 Å². The van der Waals surface area contributed by atoms with E-state index >= 15 is 0 Å². The molecule has 0 radical (unpaired) electrons. The zero-order valence-corrected chi connectivity index (χ0v) is 18.7. The van der Waals surface area contributed by atoms with Crippen LogP contribution in [0.15, 0.2) is 47.4 Å². The highest BCUT2D eigenvalue weighted by atomic mass is 35.5. The van der Waals surface area contributed by atoms with Crippen molar-refractivity contribution in [3.8, 4) is 0 Å². The van der Waals surface area contributed by atoms with Gasteiger partial charge in [0, 0.05) is 12.2 Å². The Morgan fingerprint density at radius 2 is 1.79 bits per heavy atom. The number of halogens is 1. The largest absolute Gasteiger partial charge is 0.352 e. The van der Waals surface area contributed by atoms with E-state index < -0.39 is 10.0 Å². The second kappa shape index (κ2) is 10.6. The molecule has 2 aromatic rings. The molecular formula is C22H29ClN2O3S. The molecular weight excluding hydrogens is 408 g/mol. The van der Waals surface area contributed by atoms with Crippen molar-refractivity contribution < 1.29 is 13.2 Å². The average molecular weight is 437 g/mol. The molecule has 2 N–H and O–H groups in total. The summed E-state index contributed by atoms with van der Waals surface area (Å²) in [6, 6.07) is 11.1. The highest BCUT2D eigenvalue weighted by Crippen LogP contribution is 2.23. The lowest BCUT2D eigenvalue weighted by molar-refractivity contribution is 0.0946. The first kappa shape index (κ1) is 23.2. The summed E-state index contributed by atoms with van der Waals surface area (Å²) in [5.41, 5.74) is 1.51. The zero-order chi connectivity index (χ0) is 21.4. The van der Waals surface area contributed by atoms with Crippen LogP contribution in [-0.2, 0) is 10.0 Å². The summed E-state index contributed by atoms with van der Waals surface area (Å²) in [4.78, 5) is 12.8. The molecule has 0 bridgehead atoms. The lowest BCUT2D eigenvalue weighted by Gasteiger charge is -2.16. The number of hydrogen-bond donors (Lipinski definition) is 2. The third-order valence-corrected chi connectivity index (χ3v) is 6.62. The second-order valence-electron chi connectivity index (χ2n) is 7.24. The first-order chi connectivity index (χ1) is 13.8. The Morgan fingerprint density at radius 3 is 2.41 bits per heavy atom. The third kappa shape index (κ3) is 6.75. The fourth-order valence-electron chi connectivity index (χ4n) is 2.97. The summed E-state index contributed by atoms with van der Waals surface area (Å²) >= 11 is 6.19. The number of amides is 1. The summed E-state index contributed by atoms with van der Waals surface area (Å²) in [7, 11) is -3.75. The van der Waals surface area contributed by atoms with Gasteiger partial charge in [0.1, 0.15) is 0 Å². The Balaban J connectivity index is 2.12. The van der Waals surface area contributed by atoms with Gasteiger partial charge >= 0.3 is 0 Å². The molecule has 1 unspecified atom stereocenters. The van der Waals surface area contributed by atoms with Gasteiger partial charge in [-0.15, -0.1) is 0 Å². The van der Waals surface area contributed by atoms with Crippen molar-refractivity contribution in [3.63, 3.8) is 0 Å². The maximum Gasteiger partial charge on any atom is 0.261 e. The van der Waals surface area contributed by atoms with Gasteiger partial charge in [0.15, 0.2) is 0 Å². The Morgan fingerprint density at radius 1 is 1.10 bits per heavy atom. The minimum Gasteiger partial charge on any atom is -0.352 e. The van der Waals surface area contributed by atoms with Crippen LogP contribution >= 0.6 is 11.6 Å². The summed E-state index contributed by atoms with van der Waals surface area (Å²) < 4.78 is 27.7. The van der Waals surface area contributed by atoms with Gasteiger partial charge in [-0.25, -0.2) is 8.42 Å². The molecule has 0 saturated heterocycles. The van der Waals surface area contributed by atoms with E-state index in [0.717, 1.165) is 31.2 Å². The number of carbonyl (C=O) groups excluding carboxylic acids is 1. The van der Waals surface area contributed by atoms with E-state index in [1.54, 1.807) is 30.3 Å². The van der Waals surface area contributed by atoms with Gasteiger partial charge in [-0.1, -0.05) is 62.4 Å². The van der Waals surface area contributed by atoms with Crippen molar-refractivity contribution in [1.82, 2.24) is 5.32 Å². The topological polar surface area (TPSA) is 75.3 Å². The summed E-state index contributed by atoms with van der Waals surface area (Å²) in [6.07, 6.45) is 4.31. The Hall–Kier alpha value is -2.05. The molecule has 1 amide bonds. The van der Waals surface area contributed by atoms with Crippen molar-refractivity contribution >= 4 is 33.2 Å². The Bertz CT molecular complexity index is 928. The van der Waals surface area contributed by atoms with Gasteiger partial charge < -0.3 is 5.32 Å².